The van der Waals surface area contributed by atoms with Gasteiger partial charge in [0.15, 0.2) is 0 Å². The van der Waals surface area contributed by atoms with E-state index in [1.165, 1.54) is 0 Å². The van der Waals surface area contributed by atoms with Crippen LogP contribution in [0.25, 0.3) is 21.8 Å². The maximum atomic E-state index is 11.5. The van der Waals surface area contributed by atoms with E-state index in [1.807, 2.05) is 0 Å². The van der Waals surface area contributed by atoms with Crippen LogP contribution in [0.2, 0.25) is 0 Å². The van der Waals surface area contributed by atoms with E-state index in [2.05, 4.69) is 20.2 Å². The van der Waals surface area contributed by atoms with Crippen LogP contribution >= 0.6 is 0 Å². The maximum Gasteiger partial charge on any atom is 0.326 e. The number of rotatable bonds is 0. The largest absolute Gasteiger partial charge is 0.326 e. The van der Waals surface area contributed by atoms with Crippen molar-refractivity contribution < 1.29 is 0 Å². The van der Waals surface area contributed by atoms with Crippen LogP contribution in [0.15, 0.2) is 27.9 Å². The molecule has 0 bridgehead atoms. The first-order chi connectivity index (χ1) is 7.24. The first-order valence-corrected chi connectivity index (χ1v) is 4.33. The molecule has 0 aliphatic rings. The van der Waals surface area contributed by atoms with Crippen molar-refractivity contribution in [1.82, 2.24) is 20.2 Å². The second kappa shape index (κ2) is 2.57. The zero-order valence-electron chi connectivity index (χ0n) is 7.50. The molecule has 2 heterocycles. The van der Waals surface area contributed by atoms with Gasteiger partial charge in [-0.2, -0.15) is 5.10 Å². The van der Waals surface area contributed by atoms with Crippen LogP contribution in [0.1, 0.15) is 0 Å². The van der Waals surface area contributed by atoms with Crippen molar-refractivity contribution in [3.05, 3.63) is 39.2 Å². The van der Waals surface area contributed by atoms with Gasteiger partial charge >= 0.3 is 5.69 Å². The van der Waals surface area contributed by atoms with Crippen molar-refractivity contribution in [2.24, 2.45) is 0 Å². The molecule has 0 unspecified atom stereocenters. The topological polar surface area (TPSA) is 94.4 Å². The number of nitrogens with one attached hydrogen (secondary N) is 3. The summed E-state index contributed by atoms with van der Waals surface area (Å²) in [5.41, 5.74) is 0.382. The summed E-state index contributed by atoms with van der Waals surface area (Å²) in [4.78, 5) is 27.2. The van der Waals surface area contributed by atoms with Crippen molar-refractivity contribution in [1.29, 1.82) is 0 Å². The van der Waals surface area contributed by atoms with Crippen LogP contribution in [0, 0.1) is 0 Å². The normalized spacial score (nSPS) is 11.2. The lowest BCUT2D eigenvalue weighted by Gasteiger charge is -1.95. The highest BCUT2D eigenvalue weighted by molar-refractivity contribution is 5.93. The third-order valence-corrected chi connectivity index (χ3v) is 2.30. The van der Waals surface area contributed by atoms with E-state index < -0.39 is 11.2 Å². The van der Waals surface area contributed by atoms with Crippen molar-refractivity contribution in [3.63, 3.8) is 0 Å². The molecule has 2 aromatic heterocycles. The molecule has 0 aliphatic heterocycles. The third kappa shape index (κ3) is 1.08. The second-order valence-electron chi connectivity index (χ2n) is 3.26. The fourth-order valence-corrected chi connectivity index (χ4v) is 1.61. The molecule has 6 nitrogen and oxygen atoms in total. The van der Waals surface area contributed by atoms with Gasteiger partial charge in [0.1, 0.15) is 0 Å². The summed E-state index contributed by atoms with van der Waals surface area (Å²) >= 11 is 0. The molecular formula is C9H6N4O2. The minimum absolute atomic E-state index is 0.392. The molecule has 74 valence electrons. The van der Waals surface area contributed by atoms with E-state index in [0.29, 0.717) is 10.9 Å². The number of aromatic amines is 3. The number of fused-ring (bicyclic) bond motifs is 2. The molecule has 6 heteroatoms. The number of hydrogen-bond acceptors (Lipinski definition) is 3. The molecule has 3 rings (SSSR count). The van der Waals surface area contributed by atoms with Crippen LogP contribution < -0.4 is 11.2 Å². The van der Waals surface area contributed by atoms with Gasteiger partial charge in [-0.25, -0.2) is 4.79 Å². The lowest BCUT2D eigenvalue weighted by molar-refractivity contribution is 1.08. The number of aromatic nitrogens is 4. The van der Waals surface area contributed by atoms with Gasteiger partial charge in [0.2, 0.25) is 0 Å². The molecule has 0 radical (unpaired) electrons. The van der Waals surface area contributed by atoms with E-state index in [1.54, 1.807) is 18.3 Å². The maximum absolute atomic E-state index is 11.5. The second-order valence-corrected chi connectivity index (χ2v) is 3.26. The summed E-state index contributed by atoms with van der Waals surface area (Å²) in [5.74, 6) is 0. The van der Waals surface area contributed by atoms with Gasteiger partial charge in [-0.15, -0.1) is 0 Å². The molecule has 15 heavy (non-hydrogen) atoms. The highest BCUT2D eigenvalue weighted by Crippen LogP contribution is 2.15. The molecule has 0 atom stereocenters. The number of H-pyrrole nitrogens is 3. The summed E-state index contributed by atoms with van der Waals surface area (Å²) in [6.07, 6.45) is 1.62. The molecule has 0 saturated heterocycles. The van der Waals surface area contributed by atoms with Crippen LogP contribution in [0.3, 0.4) is 0 Å². The Labute approximate surface area is 82.0 Å². The van der Waals surface area contributed by atoms with Gasteiger partial charge in [0.05, 0.1) is 22.6 Å². The van der Waals surface area contributed by atoms with Crippen molar-refractivity contribution in [3.8, 4) is 0 Å². The SMILES string of the molecule is O=c1[nH]c(=O)c2cc3cn[nH]c3cc2[nH]1. The molecule has 0 saturated carbocycles. The average molecular weight is 202 g/mol. The fourth-order valence-electron chi connectivity index (χ4n) is 1.61. The van der Waals surface area contributed by atoms with Gasteiger partial charge in [0.25, 0.3) is 5.56 Å². The Morgan fingerprint density at radius 1 is 1.07 bits per heavy atom. The monoisotopic (exact) mass is 202 g/mol. The Balaban J connectivity index is 2.65. The van der Waals surface area contributed by atoms with Crippen molar-refractivity contribution in [2.75, 3.05) is 0 Å². The quantitative estimate of drug-likeness (QED) is 0.482. The summed E-state index contributed by atoms with van der Waals surface area (Å²) in [7, 11) is 0. The Kier molecular flexibility index (Phi) is 1.37. The van der Waals surface area contributed by atoms with Crippen molar-refractivity contribution >= 4 is 21.8 Å². The lowest BCUT2D eigenvalue weighted by atomic mass is 10.2. The van der Waals surface area contributed by atoms with Gasteiger partial charge < -0.3 is 4.98 Å². The van der Waals surface area contributed by atoms with Gasteiger partial charge in [-0.1, -0.05) is 0 Å². The Morgan fingerprint density at radius 2 is 1.93 bits per heavy atom. The molecule has 0 aliphatic carbocycles. The van der Waals surface area contributed by atoms with Crippen LogP contribution in [0.4, 0.5) is 0 Å². The predicted octanol–water partition coefficient (Wildman–Crippen LogP) is 0.0927. The first kappa shape index (κ1) is 7.98. The summed E-state index contributed by atoms with van der Waals surface area (Å²) < 4.78 is 0. The van der Waals surface area contributed by atoms with E-state index >= 15 is 0 Å². The number of nitrogens with zero attached hydrogens (tertiary/aromatic N) is 1. The molecule has 0 amide bonds. The third-order valence-electron chi connectivity index (χ3n) is 2.30. The smallest absolute Gasteiger partial charge is 0.307 e. The summed E-state index contributed by atoms with van der Waals surface area (Å²) in [5, 5.41) is 7.89. The average Bonchev–Trinajstić information content (AvgIpc) is 2.61. The Hall–Kier alpha value is -2.37. The number of hydrogen-bond donors (Lipinski definition) is 3. The van der Waals surface area contributed by atoms with Crippen molar-refractivity contribution in [2.45, 2.75) is 0 Å². The zero-order chi connectivity index (χ0) is 10.4. The van der Waals surface area contributed by atoms with Crippen LogP contribution in [-0.4, -0.2) is 20.2 Å². The van der Waals surface area contributed by atoms with Crippen LogP contribution in [-0.2, 0) is 0 Å². The van der Waals surface area contributed by atoms with E-state index in [0.717, 1.165) is 10.9 Å². The molecule has 0 fully saturated rings. The molecular weight excluding hydrogens is 196 g/mol. The first-order valence-electron chi connectivity index (χ1n) is 4.33. The standard InChI is InChI=1S/C9H6N4O2/c14-8-5-1-4-3-10-13-6(4)2-7(5)11-9(15)12-8/h1-3H,(H,10,13)(H2,11,12,14,15). The molecule has 3 N–H and O–H groups in total. The fraction of sp³-hybridized carbons (Fsp3) is 0. The lowest BCUT2D eigenvalue weighted by Crippen LogP contribution is -2.21. The molecule has 0 spiro atoms. The van der Waals surface area contributed by atoms with Gasteiger partial charge in [-0.05, 0) is 12.1 Å². The predicted molar refractivity (Wildman–Crippen MR) is 54.8 cm³/mol. The van der Waals surface area contributed by atoms with E-state index in [4.69, 9.17) is 0 Å². The van der Waals surface area contributed by atoms with E-state index in [9.17, 15) is 9.59 Å². The Bertz CT molecular complexity index is 765. The number of benzene rings is 1. The van der Waals surface area contributed by atoms with Crippen LogP contribution in [0.5, 0.6) is 0 Å². The summed E-state index contributed by atoms with van der Waals surface area (Å²) in [6, 6.07) is 3.37. The minimum atomic E-state index is -0.508. The van der Waals surface area contributed by atoms with Gasteiger partial charge in [-0.3, -0.25) is 14.9 Å². The summed E-state index contributed by atoms with van der Waals surface area (Å²) in [6.45, 7) is 0. The molecule has 3 aromatic rings. The van der Waals surface area contributed by atoms with Gasteiger partial charge in [0, 0.05) is 5.39 Å². The Morgan fingerprint density at radius 3 is 2.80 bits per heavy atom. The van der Waals surface area contributed by atoms with E-state index in [-0.39, 0.29) is 0 Å². The zero-order valence-corrected chi connectivity index (χ0v) is 7.50. The highest BCUT2D eigenvalue weighted by Gasteiger charge is 2.03. The highest BCUT2D eigenvalue weighted by atomic mass is 16.2. The minimum Gasteiger partial charge on any atom is -0.307 e. The molecule has 1 aromatic carbocycles.